The predicted octanol–water partition coefficient (Wildman–Crippen LogP) is 4.04. The minimum absolute atomic E-state index is 0.122. The summed E-state index contributed by atoms with van der Waals surface area (Å²) in [5.74, 6) is -2.70. The first-order valence-electron chi connectivity index (χ1n) is 9.54. The minimum atomic E-state index is -3.86. The monoisotopic (exact) mass is 455 g/mol. The van der Waals surface area contributed by atoms with E-state index in [0.29, 0.717) is 23.4 Å². The number of amides is 1. The Balaban J connectivity index is 2.14. The summed E-state index contributed by atoms with van der Waals surface area (Å²) in [5.41, 5.74) is 1.01. The van der Waals surface area contributed by atoms with E-state index in [1.54, 1.807) is 16.9 Å². The summed E-state index contributed by atoms with van der Waals surface area (Å²) in [6.07, 6.45) is 5.00. The average molecular weight is 456 g/mol. The van der Waals surface area contributed by atoms with Crippen LogP contribution in [0.5, 0.6) is 0 Å². The van der Waals surface area contributed by atoms with Crippen molar-refractivity contribution >= 4 is 27.7 Å². The molecule has 1 amide bonds. The van der Waals surface area contributed by atoms with Gasteiger partial charge in [-0.25, -0.2) is 21.6 Å². The lowest BCUT2D eigenvalue weighted by Gasteiger charge is -2.15. The van der Waals surface area contributed by atoms with Gasteiger partial charge in [-0.1, -0.05) is 19.4 Å². The average Bonchev–Trinajstić information content (AvgIpc) is 2.69. The fourth-order valence-electron chi connectivity index (χ4n) is 2.86. The van der Waals surface area contributed by atoms with Crippen molar-refractivity contribution in [3.63, 3.8) is 0 Å². The first-order chi connectivity index (χ1) is 14.5. The van der Waals surface area contributed by atoms with Gasteiger partial charge in [0, 0.05) is 11.8 Å². The number of hydrogen-bond donors (Lipinski definition) is 2. The number of alkyl halides is 1. The Morgan fingerprint density at radius 1 is 1.23 bits per heavy atom. The molecule has 0 bridgehead atoms. The fraction of sp³-hybridized carbons (Fsp3) is 0.333. The zero-order valence-corrected chi connectivity index (χ0v) is 18.2. The van der Waals surface area contributed by atoms with Crippen LogP contribution in [-0.2, 0) is 27.9 Å². The van der Waals surface area contributed by atoms with Crippen molar-refractivity contribution in [3.05, 3.63) is 64.5 Å². The number of carbonyl (C=O) groups is 1. The van der Waals surface area contributed by atoms with Gasteiger partial charge in [0.1, 0.15) is 12.4 Å². The second kappa shape index (κ2) is 10.4. The summed E-state index contributed by atoms with van der Waals surface area (Å²) >= 11 is 0. The molecule has 0 saturated heterocycles. The number of hydrogen-bond acceptors (Lipinski definition) is 4. The third-order valence-electron chi connectivity index (χ3n) is 4.32. The van der Waals surface area contributed by atoms with Crippen LogP contribution < -0.4 is 10.0 Å². The number of nitrogens with zero attached hydrogens (tertiary/aromatic N) is 1. The number of halogens is 3. The Kier molecular flexibility index (Phi) is 8.21. The summed E-state index contributed by atoms with van der Waals surface area (Å²) in [6.45, 7) is 2.81. The third-order valence-corrected chi connectivity index (χ3v) is 4.89. The number of carbonyl (C=O) groups excluding carboxylic acids is 1. The molecule has 0 unspecified atom stereocenters. The van der Waals surface area contributed by atoms with Gasteiger partial charge in [0.15, 0.2) is 11.6 Å². The highest BCUT2D eigenvalue weighted by molar-refractivity contribution is 7.92. The molecule has 31 heavy (non-hydrogen) atoms. The highest BCUT2D eigenvalue weighted by Crippen LogP contribution is 2.25. The van der Waals surface area contributed by atoms with Crippen molar-refractivity contribution in [2.75, 3.05) is 11.0 Å². The van der Waals surface area contributed by atoms with Crippen molar-refractivity contribution in [2.45, 2.75) is 39.4 Å². The van der Waals surface area contributed by atoms with E-state index in [2.05, 4.69) is 10.3 Å². The molecule has 2 N–H and O–H groups in total. The molecule has 1 aromatic heterocycles. The van der Waals surface area contributed by atoms with Crippen LogP contribution in [-0.4, -0.2) is 25.6 Å². The number of aryl methyl sites for hydroxylation is 1. The minimum Gasteiger partial charge on any atom is -0.346 e. The van der Waals surface area contributed by atoms with Crippen LogP contribution in [0.15, 0.2) is 30.3 Å². The molecule has 1 heterocycles. The molecule has 0 saturated carbocycles. The van der Waals surface area contributed by atoms with Gasteiger partial charge >= 0.3 is 0 Å². The van der Waals surface area contributed by atoms with Crippen LogP contribution in [0.4, 0.5) is 18.9 Å². The van der Waals surface area contributed by atoms with Crippen molar-refractivity contribution in [3.8, 4) is 0 Å². The molecule has 0 aliphatic rings. The van der Waals surface area contributed by atoms with Crippen LogP contribution in [0.2, 0.25) is 0 Å². The quantitative estimate of drug-likeness (QED) is 0.559. The van der Waals surface area contributed by atoms with Gasteiger partial charge in [-0.3, -0.25) is 14.5 Å². The lowest BCUT2D eigenvalue weighted by Crippen LogP contribution is -2.25. The largest absolute Gasteiger partial charge is 0.346 e. The maximum atomic E-state index is 14.2. The van der Waals surface area contributed by atoms with Crippen LogP contribution in [0, 0.1) is 11.6 Å². The van der Waals surface area contributed by atoms with Crippen LogP contribution in [0.3, 0.4) is 0 Å². The summed E-state index contributed by atoms with van der Waals surface area (Å²) in [7, 11) is -3.86. The van der Waals surface area contributed by atoms with Crippen LogP contribution in [0.25, 0.3) is 6.08 Å². The molecule has 0 fully saturated rings. The van der Waals surface area contributed by atoms with E-state index in [1.165, 1.54) is 19.1 Å². The van der Waals surface area contributed by atoms with Gasteiger partial charge in [0.2, 0.25) is 15.9 Å². The lowest BCUT2D eigenvalue weighted by molar-refractivity contribution is -0.117. The standard InChI is InChI=1S/C21H24F3N3O3S/c1-4-5-19-14(6-8-16(12-22)26-19)7-9-20(28)25-13(2)15-10-17(23)21(18(24)11-15)27-31(3,29)30/h6-11,13,27H,4-5,12H2,1-3H3,(H,25,28)/b9-7+/t13-/m1/s1. The summed E-state index contributed by atoms with van der Waals surface area (Å²) < 4.78 is 65.4. The van der Waals surface area contributed by atoms with E-state index >= 15 is 0 Å². The molecule has 0 aliphatic carbocycles. The van der Waals surface area contributed by atoms with Gasteiger partial charge in [-0.05, 0) is 48.7 Å². The lowest BCUT2D eigenvalue weighted by atomic mass is 10.1. The smallest absolute Gasteiger partial charge is 0.244 e. The molecule has 10 heteroatoms. The molecule has 0 spiro atoms. The van der Waals surface area contributed by atoms with Crippen LogP contribution in [0.1, 0.15) is 48.8 Å². The molecular weight excluding hydrogens is 431 g/mol. The SMILES string of the molecule is CCCc1nc(CF)ccc1/C=C/C(=O)N[C@H](C)c1cc(F)c(NS(C)(=O)=O)c(F)c1. The van der Waals surface area contributed by atoms with E-state index in [9.17, 15) is 26.4 Å². The van der Waals surface area contributed by atoms with E-state index in [-0.39, 0.29) is 5.56 Å². The Hall–Kier alpha value is -2.88. The summed E-state index contributed by atoms with van der Waals surface area (Å²) in [4.78, 5) is 16.5. The maximum absolute atomic E-state index is 14.2. The number of nitrogens with one attached hydrogen (secondary N) is 2. The number of pyridine rings is 1. The topological polar surface area (TPSA) is 88.2 Å². The first-order valence-corrected chi connectivity index (χ1v) is 11.4. The predicted molar refractivity (Wildman–Crippen MR) is 113 cm³/mol. The van der Waals surface area contributed by atoms with Gasteiger partial charge < -0.3 is 5.32 Å². The second-order valence-electron chi connectivity index (χ2n) is 7.02. The Morgan fingerprint density at radius 2 is 1.87 bits per heavy atom. The molecule has 1 aromatic carbocycles. The highest BCUT2D eigenvalue weighted by Gasteiger charge is 2.18. The summed E-state index contributed by atoms with van der Waals surface area (Å²) in [5, 5.41) is 2.58. The van der Waals surface area contributed by atoms with Crippen molar-refractivity contribution in [1.82, 2.24) is 10.3 Å². The zero-order valence-electron chi connectivity index (χ0n) is 17.4. The van der Waals surface area contributed by atoms with E-state index in [0.717, 1.165) is 24.8 Å². The summed E-state index contributed by atoms with van der Waals surface area (Å²) in [6, 6.07) is 4.36. The molecule has 168 valence electrons. The molecule has 2 rings (SSSR count). The Morgan fingerprint density at radius 3 is 2.42 bits per heavy atom. The fourth-order valence-corrected chi connectivity index (χ4v) is 3.42. The Labute approximate surface area is 179 Å². The second-order valence-corrected chi connectivity index (χ2v) is 8.77. The van der Waals surface area contributed by atoms with E-state index in [1.807, 2.05) is 6.92 Å². The molecule has 2 aromatic rings. The van der Waals surface area contributed by atoms with E-state index < -0.39 is 46.0 Å². The molecule has 0 radical (unpaired) electrons. The van der Waals surface area contributed by atoms with E-state index in [4.69, 9.17) is 0 Å². The van der Waals surface area contributed by atoms with Crippen molar-refractivity contribution in [2.24, 2.45) is 0 Å². The van der Waals surface area contributed by atoms with Gasteiger partial charge in [0.25, 0.3) is 0 Å². The third kappa shape index (κ3) is 7.09. The van der Waals surface area contributed by atoms with Crippen LogP contribution >= 0.6 is 0 Å². The maximum Gasteiger partial charge on any atom is 0.244 e. The normalized spacial score (nSPS) is 12.7. The number of rotatable bonds is 9. The van der Waals surface area contributed by atoms with Crippen molar-refractivity contribution in [1.29, 1.82) is 0 Å². The Bertz CT molecular complexity index is 1070. The number of aromatic nitrogens is 1. The molecule has 1 atom stereocenters. The highest BCUT2D eigenvalue weighted by atomic mass is 32.2. The zero-order chi connectivity index (χ0) is 23.2. The van der Waals surface area contributed by atoms with Crippen molar-refractivity contribution < 1.29 is 26.4 Å². The first kappa shape index (κ1) is 24.4. The van der Waals surface area contributed by atoms with Gasteiger partial charge in [-0.2, -0.15) is 0 Å². The number of anilines is 1. The number of sulfonamides is 1. The number of benzene rings is 1. The molecular formula is C21H24F3N3O3S. The van der Waals surface area contributed by atoms with Gasteiger partial charge in [-0.15, -0.1) is 0 Å². The molecule has 6 nitrogen and oxygen atoms in total. The molecule has 0 aliphatic heterocycles. The van der Waals surface area contributed by atoms with Gasteiger partial charge in [0.05, 0.1) is 18.0 Å².